The maximum atomic E-state index is 5.11. The molecule has 0 aliphatic rings. The first kappa shape index (κ1) is 10.7. The zero-order chi connectivity index (χ0) is 8.85. The molecule has 0 radical (unpaired) electrons. The zero-order valence-corrected chi connectivity index (χ0v) is 8.66. The van der Waals surface area contributed by atoms with Gasteiger partial charge >= 0.3 is 0 Å². The Bertz CT molecular complexity index is 123. The van der Waals surface area contributed by atoms with Gasteiger partial charge in [0.1, 0.15) is 0 Å². The van der Waals surface area contributed by atoms with Crippen molar-refractivity contribution in [1.82, 2.24) is 10.2 Å². The lowest BCUT2D eigenvalue weighted by Gasteiger charge is -2.24. The minimum atomic E-state index is 0.668. The van der Waals surface area contributed by atoms with Crippen LogP contribution in [-0.4, -0.2) is 30.1 Å². The quantitative estimate of drug-likeness (QED) is 0.652. The van der Waals surface area contributed by atoms with Crippen molar-refractivity contribution in [2.24, 2.45) is 5.92 Å². The van der Waals surface area contributed by atoms with E-state index < -0.39 is 0 Å². The number of thiocarbonyl (C=S) groups is 1. The van der Waals surface area contributed by atoms with E-state index in [0.717, 1.165) is 18.2 Å². The molecule has 0 aliphatic heterocycles. The fraction of sp³-hybridized carbons (Fsp3) is 0.875. The van der Waals surface area contributed by atoms with Crippen LogP contribution in [0, 0.1) is 5.92 Å². The Hall–Kier alpha value is -0.310. The van der Waals surface area contributed by atoms with Gasteiger partial charge in [-0.3, -0.25) is 0 Å². The van der Waals surface area contributed by atoms with Crippen LogP contribution < -0.4 is 5.32 Å². The van der Waals surface area contributed by atoms with Gasteiger partial charge in [-0.2, -0.15) is 0 Å². The van der Waals surface area contributed by atoms with Crippen LogP contribution in [0.15, 0.2) is 0 Å². The number of hydrogen-bond donors (Lipinski definition) is 1. The lowest BCUT2D eigenvalue weighted by atomic mass is 10.2. The Morgan fingerprint density at radius 1 is 1.55 bits per heavy atom. The lowest BCUT2D eigenvalue weighted by molar-refractivity contribution is 0.378. The van der Waals surface area contributed by atoms with Gasteiger partial charge in [0.2, 0.25) is 0 Å². The second kappa shape index (κ2) is 5.35. The monoisotopic (exact) mass is 174 g/mol. The first-order valence-electron chi connectivity index (χ1n) is 4.08. The summed E-state index contributed by atoms with van der Waals surface area (Å²) in [5.41, 5.74) is 0. The van der Waals surface area contributed by atoms with Crippen molar-refractivity contribution in [3.8, 4) is 0 Å². The molecular weight excluding hydrogens is 156 g/mol. The highest BCUT2D eigenvalue weighted by molar-refractivity contribution is 7.80. The van der Waals surface area contributed by atoms with Gasteiger partial charge in [-0.05, 0) is 25.1 Å². The Balaban J connectivity index is 3.84. The summed E-state index contributed by atoms with van der Waals surface area (Å²) in [5.74, 6) is 0.668. The highest BCUT2D eigenvalue weighted by atomic mass is 32.1. The molecule has 0 atom stereocenters. The van der Waals surface area contributed by atoms with Crippen LogP contribution in [0.5, 0.6) is 0 Å². The first-order valence-corrected chi connectivity index (χ1v) is 4.49. The van der Waals surface area contributed by atoms with Crippen LogP contribution in [-0.2, 0) is 0 Å². The van der Waals surface area contributed by atoms with E-state index in [0.29, 0.717) is 5.92 Å². The second-order valence-corrected chi connectivity index (χ2v) is 3.37. The van der Waals surface area contributed by atoms with E-state index in [9.17, 15) is 0 Å². The van der Waals surface area contributed by atoms with E-state index >= 15 is 0 Å². The predicted molar refractivity (Wildman–Crippen MR) is 53.7 cm³/mol. The molecule has 0 heterocycles. The van der Waals surface area contributed by atoms with Gasteiger partial charge in [0.05, 0.1) is 0 Å². The molecule has 0 rings (SSSR count). The smallest absolute Gasteiger partial charge is 0.168 e. The molecule has 66 valence electrons. The van der Waals surface area contributed by atoms with Crippen LogP contribution in [0.2, 0.25) is 0 Å². The van der Waals surface area contributed by atoms with Crippen molar-refractivity contribution in [2.45, 2.75) is 20.8 Å². The van der Waals surface area contributed by atoms with Crippen LogP contribution in [0.3, 0.4) is 0 Å². The van der Waals surface area contributed by atoms with Gasteiger partial charge in [-0.1, -0.05) is 13.8 Å². The van der Waals surface area contributed by atoms with Crippen LogP contribution >= 0.6 is 12.2 Å². The van der Waals surface area contributed by atoms with Crippen molar-refractivity contribution in [2.75, 3.05) is 20.1 Å². The molecule has 0 saturated carbocycles. The van der Waals surface area contributed by atoms with Crippen molar-refractivity contribution >= 4 is 17.3 Å². The molecule has 0 amide bonds. The highest BCUT2D eigenvalue weighted by Gasteiger charge is 2.06. The SMILES string of the molecule is CCN(CC(C)C)C(=S)NC. The minimum Gasteiger partial charge on any atom is -0.366 e. The molecule has 0 unspecified atom stereocenters. The molecule has 0 saturated heterocycles. The third-order valence-electron chi connectivity index (χ3n) is 1.47. The molecule has 0 bridgehead atoms. The van der Waals surface area contributed by atoms with Crippen molar-refractivity contribution < 1.29 is 0 Å². The third-order valence-corrected chi connectivity index (χ3v) is 1.93. The molecule has 0 aromatic rings. The van der Waals surface area contributed by atoms with Crippen molar-refractivity contribution in [1.29, 1.82) is 0 Å². The van der Waals surface area contributed by atoms with E-state index in [1.165, 1.54) is 0 Å². The average Bonchev–Trinajstić information content (AvgIpc) is 1.98. The molecule has 0 aromatic carbocycles. The van der Waals surface area contributed by atoms with Crippen LogP contribution in [0.1, 0.15) is 20.8 Å². The predicted octanol–water partition coefficient (Wildman–Crippen LogP) is 1.47. The van der Waals surface area contributed by atoms with E-state index in [2.05, 4.69) is 31.0 Å². The molecule has 11 heavy (non-hydrogen) atoms. The number of rotatable bonds is 3. The first-order chi connectivity index (χ1) is 5.11. The number of nitrogens with one attached hydrogen (secondary N) is 1. The molecule has 0 aliphatic carbocycles. The van der Waals surface area contributed by atoms with Crippen molar-refractivity contribution in [3.05, 3.63) is 0 Å². The average molecular weight is 174 g/mol. The minimum absolute atomic E-state index is 0.668. The van der Waals surface area contributed by atoms with Gasteiger partial charge in [0, 0.05) is 20.1 Å². The molecule has 0 spiro atoms. The van der Waals surface area contributed by atoms with Crippen LogP contribution in [0.4, 0.5) is 0 Å². The standard InChI is InChI=1S/C8H18N2S/c1-5-10(6-7(2)3)8(11)9-4/h7H,5-6H2,1-4H3,(H,9,11). The zero-order valence-electron chi connectivity index (χ0n) is 7.85. The summed E-state index contributed by atoms with van der Waals surface area (Å²) >= 11 is 5.11. The molecule has 0 fully saturated rings. The Morgan fingerprint density at radius 3 is 2.36 bits per heavy atom. The van der Waals surface area contributed by atoms with E-state index in [1.54, 1.807) is 0 Å². The normalized spacial score (nSPS) is 9.91. The molecule has 2 nitrogen and oxygen atoms in total. The highest BCUT2D eigenvalue weighted by Crippen LogP contribution is 1.98. The lowest BCUT2D eigenvalue weighted by Crippen LogP contribution is -2.39. The fourth-order valence-corrected chi connectivity index (χ4v) is 1.16. The van der Waals surface area contributed by atoms with Gasteiger partial charge in [-0.25, -0.2) is 0 Å². The van der Waals surface area contributed by atoms with Gasteiger partial charge in [0.15, 0.2) is 5.11 Å². The molecule has 0 aromatic heterocycles. The molecule has 3 heteroatoms. The van der Waals surface area contributed by atoms with E-state index in [-0.39, 0.29) is 0 Å². The summed E-state index contributed by atoms with van der Waals surface area (Å²) in [6, 6.07) is 0. The largest absolute Gasteiger partial charge is 0.366 e. The number of nitrogens with zero attached hydrogens (tertiary/aromatic N) is 1. The van der Waals surface area contributed by atoms with Gasteiger partial charge in [0.25, 0.3) is 0 Å². The summed E-state index contributed by atoms with van der Waals surface area (Å²) < 4.78 is 0. The number of hydrogen-bond acceptors (Lipinski definition) is 1. The van der Waals surface area contributed by atoms with E-state index in [4.69, 9.17) is 12.2 Å². The summed E-state index contributed by atoms with van der Waals surface area (Å²) in [4.78, 5) is 2.17. The Kier molecular flexibility index (Phi) is 5.20. The van der Waals surface area contributed by atoms with Crippen molar-refractivity contribution in [3.63, 3.8) is 0 Å². The van der Waals surface area contributed by atoms with E-state index in [1.807, 2.05) is 7.05 Å². The summed E-state index contributed by atoms with van der Waals surface area (Å²) in [6.45, 7) is 8.53. The molecule has 1 N–H and O–H groups in total. The summed E-state index contributed by atoms with van der Waals surface area (Å²) in [5, 5.41) is 3.83. The molecular formula is C8H18N2S. The summed E-state index contributed by atoms with van der Waals surface area (Å²) in [7, 11) is 1.87. The Morgan fingerprint density at radius 2 is 2.09 bits per heavy atom. The Labute approximate surface area is 75.0 Å². The van der Waals surface area contributed by atoms with Crippen LogP contribution in [0.25, 0.3) is 0 Å². The van der Waals surface area contributed by atoms with Gasteiger partial charge in [-0.15, -0.1) is 0 Å². The second-order valence-electron chi connectivity index (χ2n) is 2.99. The maximum Gasteiger partial charge on any atom is 0.168 e. The summed E-state index contributed by atoms with van der Waals surface area (Å²) in [6.07, 6.45) is 0. The maximum absolute atomic E-state index is 5.11. The topological polar surface area (TPSA) is 15.3 Å². The fourth-order valence-electron chi connectivity index (χ4n) is 0.955. The third kappa shape index (κ3) is 4.19. The van der Waals surface area contributed by atoms with Gasteiger partial charge < -0.3 is 10.2 Å².